The summed E-state index contributed by atoms with van der Waals surface area (Å²) in [6, 6.07) is 9.22. The topological polar surface area (TPSA) is 96.9 Å². The van der Waals surface area contributed by atoms with Gasteiger partial charge in [0.05, 0.1) is 11.6 Å². The van der Waals surface area contributed by atoms with E-state index in [-0.39, 0.29) is 52.7 Å². The van der Waals surface area contributed by atoms with Crippen LogP contribution in [0.15, 0.2) is 36.4 Å². The molecular weight excluding hydrogens is 510 g/mol. The zero-order valence-electron chi connectivity index (χ0n) is 19.5. The summed E-state index contributed by atoms with van der Waals surface area (Å²) in [6.45, 7) is 0.168. The Morgan fingerprint density at radius 1 is 1.17 bits per heavy atom. The van der Waals surface area contributed by atoms with Crippen LogP contribution in [0.2, 0.25) is 10.0 Å². The van der Waals surface area contributed by atoms with Gasteiger partial charge in [0, 0.05) is 47.6 Å². The molecule has 3 saturated carbocycles. The number of benzene rings is 2. The normalized spacial score (nSPS) is 27.7. The molecule has 4 aliphatic rings. The first kappa shape index (κ1) is 25.3. The number of fused-ring (bicyclic) bond motifs is 1. The van der Waals surface area contributed by atoms with Crippen LogP contribution in [0.3, 0.4) is 0 Å². The number of carbonyl (C=O) groups is 2. The maximum absolute atomic E-state index is 13.5. The zero-order chi connectivity index (χ0) is 25.5. The van der Waals surface area contributed by atoms with Gasteiger partial charge in [-0.1, -0.05) is 23.2 Å². The Kier molecular flexibility index (Phi) is 6.89. The molecule has 36 heavy (non-hydrogen) atoms. The second kappa shape index (κ2) is 9.82. The summed E-state index contributed by atoms with van der Waals surface area (Å²) in [4.78, 5) is 25.6. The van der Waals surface area contributed by atoms with E-state index in [4.69, 9.17) is 32.7 Å². The van der Waals surface area contributed by atoms with Gasteiger partial charge in [0.15, 0.2) is 18.5 Å². The molecule has 2 bridgehead atoms. The number of halogens is 3. The summed E-state index contributed by atoms with van der Waals surface area (Å²) in [5.74, 6) is 0.00860. The second-order valence-corrected chi connectivity index (χ2v) is 11.0. The van der Waals surface area contributed by atoms with Gasteiger partial charge in [0.1, 0.15) is 17.3 Å². The van der Waals surface area contributed by atoms with Crippen molar-refractivity contribution < 1.29 is 28.6 Å². The zero-order valence-corrected chi connectivity index (χ0v) is 21.0. The minimum absolute atomic E-state index is 0.00951. The number of carbonyl (C=O) groups excluding carboxylic acids is 2. The fraction of sp³-hybridized carbons (Fsp3) is 0.462. The van der Waals surface area contributed by atoms with E-state index < -0.39 is 11.9 Å². The SMILES string of the molecule is O=C(COc1ccc(Cl)c(F)c1)NC12CC(CC(=O)[C@H]3C[C@@H](NCCO)c4cc(Cl)ccc4O3)(C1)C2. The van der Waals surface area contributed by atoms with Gasteiger partial charge < -0.3 is 25.2 Å². The highest BCUT2D eigenvalue weighted by molar-refractivity contribution is 6.31. The molecule has 2 atom stereocenters. The van der Waals surface area contributed by atoms with E-state index in [1.165, 1.54) is 12.1 Å². The first-order chi connectivity index (χ1) is 17.2. The van der Waals surface area contributed by atoms with Crippen molar-refractivity contribution in [3.05, 3.63) is 57.8 Å². The molecule has 0 spiro atoms. The average Bonchev–Trinajstić information content (AvgIpc) is 2.81. The van der Waals surface area contributed by atoms with E-state index in [9.17, 15) is 19.1 Å². The van der Waals surface area contributed by atoms with Crippen molar-refractivity contribution in [2.75, 3.05) is 19.8 Å². The van der Waals surface area contributed by atoms with Crippen LogP contribution >= 0.6 is 23.2 Å². The third-order valence-corrected chi connectivity index (χ3v) is 7.82. The van der Waals surface area contributed by atoms with Gasteiger partial charge in [-0.05, 0) is 55.0 Å². The van der Waals surface area contributed by atoms with Gasteiger partial charge in [0.25, 0.3) is 5.91 Å². The van der Waals surface area contributed by atoms with E-state index in [1.54, 1.807) is 12.1 Å². The van der Waals surface area contributed by atoms with Gasteiger partial charge in [0.2, 0.25) is 0 Å². The predicted octanol–water partition coefficient (Wildman–Crippen LogP) is 3.98. The van der Waals surface area contributed by atoms with Gasteiger partial charge in [-0.3, -0.25) is 9.59 Å². The molecule has 1 aliphatic heterocycles. The largest absolute Gasteiger partial charge is 0.484 e. The second-order valence-electron chi connectivity index (χ2n) is 10.1. The lowest BCUT2D eigenvalue weighted by Gasteiger charge is -2.70. The maximum atomic E-state index is 13.5. The summed E-state index contributed by atoms with van der Waals surface area (Å²) in [5.41, 5.74) is 0.478. The molecule has 0 unspecified atom stereocenters. The quantitative estimate of drug-likeness (QED) is 0.425. The Balaban J connectivity index is 1.12. The molecule has 3 aliphatic carbocycles. The molecule has 192 valence electrons. The molecule has 2 aromatic carbocycles. The minimum Gasteiger partial charge on any atom is -0.484 e. The van der Waals surface area contributed by atoms with Crippen LogP contribution in [0.5, 0.6) is 11.5 Å². The number of aliphatic hydroxyl groups excluding tert-OH is 1. The highest BCUT2D eigenvalue weighted by Gasteiger charge is 2.68. The van der Waals surface area contributed by atoms with Crippen molar-refractivity contribution in [1.29, 1.82) is 0 Å². The first-order valence-corrected chi connectivity index (χ1v) is 12.7. The molecule has 7 nitrogen and oxygen atoms in total. The van der Waals surface area contributed by atoms with Crippen LogP contribution in [-0.2, 0) is 9.59 Å². The lowest BCUT2D eigenvalue weighted by Crippen LogP contribution is -2.75. The van der Waals surface area contributed by atoms with Gasteiger partial charge >= 0.3 is 0 Å². The van der Waals surface area contributed by atoms with Crippen LogP contribution in [0.25, 0.3) is 0 Å². The Morgan fingerprint density at radius 2 is 1.94 bits per heavy atom. The first-order valence-electron chi connectivity index (χ1n) is 11.9. The average molecular weight is 537 g/mol. The molecule has 2 aromatic rings. The third-order valence-electron chi connectivity index (χ3n) is 7.28. The Morgan fingerprint density at radius 3 is 2.67 bits per heavy atom. The van der Waals surface area contributed by atoms with Crippen LogP contribution < -0.4 is 20.1 Å². The molecular formula is C26H27Cl2FN2O5. The van der Waals surface area contributed by atoms with E-state index in [0.717, 1.165) is 30.9 Å². The molecule has 0 saturated heterocycles. The fourth-order valence-electron chi connectivity index (χ4n) is 5.92. The maximum Gasteiger partial charge on any atom is 0.258 e. The van der Waals surface area contributed by atoms with E-state index >= 15 is 0 Å². The molecule has 0 aromatic heterocycles. The van der Waals surface area contributed by atoms with E-state index in [1.807, 2.05) is 6.07 Å². The highest BCUT2D eigenvalue weighted by Crippen LogP contribution is 2.69. The van der Waals surface area contributed by atoms with Crippen molar-refractivity contribution in [2.45, 2.75) is 49.8 Å². The summed E-state index contributed by atoms with van der Waals surface area (Å²) >= 11 is 11.8. The third kappa shape index (κ3) is 5.05. The minimum atomic E-state index is -0.606. The van der Waals surface area contributed by atoms with E-state index in [0.29, 0.717) is 30.2 Å². The Labute approximate surface area is 218 Å². The smallest absolute Gasteiger partial charge is 0.258 e. The molecule has 3 fully saturated rings. The van der Waals surface area contributed by atoms with Crippen molar-refractivity contribution in [1.82, 2.24) is 10.6 Å². The van der Waals surface area contributed by atoms with Crippen molar-refractivity contribution >= 4 is 34.9 Å². The highest BCUT2D eigenvalue weighted by atomic mass is 35.5. The van der Waals surface area contributed by atoms with Crippen molar-refractivity contribution in [3.8, 4) is 11.5 Å². The number of Topliss-reactive ketones (excluding diaryl/α,β-unsaturated/α-hetero) is 1. The number of ketones is 1. The Hall–Kier alpha value is -2.39. The van der Waals surface area contributed by atoms with Crippen LogP contribution in [0.1, 0.15) is 43.7 Å². The molecule has 10 heteroatoms. The standard InChI is InChI=1S/C26H27Cl2FN2O5/c27-15-1-4-22-17(7-15)20(30-5-6-32)9-23(36-22)21(33)10-25-12-26(13-25,14-25)31-24(34)11-35-16-2-3-18(28)19(29)8-16/h1-4,7-8,20,23,30,32H,5-6,9-14H2,(H,31,34)/t20-,23-,25?,26?/m1/s1. The lowest BCUT2D eigenvalue weighted by atomic mass is 9.38. The van der Waals surface area contributed by atoms with Gasteiger partial charge in [-0.15, -0.1) is 0 Å². The summed E-state index contributed by atoms with van der Waals surface area (Å²) < 4.78 is 24.9. The van der Waals surface area contributed by atoms with E-state index in [2.05, 4.69) is 10.6 Å². The van der Waals surface area contributed by atoms with Crippen molar-refractivity contribution in [2.24, 2.45) is 5.41 Å². The fourth-order valence-corrected chi connectivity index (χ4v) is 6.22. The van der Waals surface area contributed by atoms with Gasteiger partial charge in [-0.2, -0.15) is 0 Å². The number of rotatable bonds is 10. The number of amides is 1. The summed E-state index contributed by atoms with van der Waals surface area (Å²) in [5, 5.41) is 16.1. The molecule has 3 N–H and O–H groups in total. The number of nitrogens with one attached hydrogen (secondary N) is 2. The number of aliphatic hydroxyl groups is 1. The summed E-state index contributed by atoms with van der Waals surface area (Å²) in [6.07, 6.45) is 2.48. The number of hydrogen-bond acceptors (Lipinski definition) is 6. The summed E-state index contributed by atoms with van der Waals surface area (Å²) in [7, 11) is 0. The predicted molar refractivity (Wildman–Crippen MR) is 132 cm³/mol. The molecule has 1 amide bonds. The molecule has 6 rings (SSSR count). The van der Waals surface area contributed by atoms with Gasteiger partial charge in [-0.25, -0.2) is 4.39 Å². The van der Waals surface area contributed by atoms with Crippen molar-refractivity contribution in [3.63, 3.8) is 0 Å². The lowest BCUT2D eigenvalue weighted by molar-refractivity contribution is -0.175. The number of ether oxygens (including phenoxy) is 2. The molecule has 1 heterocycles. The number of hydrogen-bond donors (Lipinski definition) is 3. The molecule has 0 radical (unpaired) electrons. The Bertz CT molecular complexity index is 1170. The monoisotopic (exact) mass is 536 g/mol. The van der Waals surface area contributed by atoms with Crippen LogP contribution in [0.4, 0.5) is 4.39 Å². The van der Waals surface area contributed by atoms with Crippen LogP contribution in [0, 0.1) is 11.2 Å². The van der Waals surface area contributed by atoms with Crippen LogP contribution in [-0.4, -0.2) is 48.2 Å².